The number of nitrogens with one attached hydrogen (secondary N) is 1. The summed E-state index contributed by atoms with van der Waals surface area (Å²) in [7, 11) is 3.15. The second-order valence-corrected chi connectivity index (χ2v) is 5.39. The number of benzene rings is 1. The highest BCUT2D eigenvalue weighted by Crippen LogP contribution is 2.33. The Morgan fingerprint density at radius 1 is 1.14 bits per heavy atom. The number of carbonyl (C=O) groups excluding carboxylic acids is 1. The summed E-state index contributed by atoms with van der Waals surface area (Å²) in [5, 5.41) is 2.87. The zero-order chi connectivity index (χ0) is 16.2. The first-order valence-corrected chi connectivity index (χ1v) is 6.93. The van der Waals surface area contributed by atoms with E-state index in [2.05, 4.69) is 10.3 Å². The first kappa shape index (κ1) is 15.8. The summed E-state index contributed by atoms with van der Waals surface area (Å²) < 4.78 is 10.5. The van der Waals surface area contributed by atoms with Gasteiger partial charge in [-0.2, -0.15) is 0 Å². The SMILES string of the molecule is COc1ccc(C(C)(C)C(=O)Nc2cccnc2)cc1OC. The van der Waals surface area contributed by atoms with Crippen molar-refractivity contribution in [3.8, 4) is 11.5 Å². The summed E-state index contributed by atoms with van der Waals surface area (Å²) in [5.41, 5.74) is 0.780. The summed E-state index contributed by atoms with van der Waals surface area (Å²) in [6.07, 6.45) is 3.28. The first-order chi connectivity index (χ1) is 10.5. The molecule has 2 aromatic rings. The Morgan fingerprint density at radius 2 is 1.86 bits per heavy atom. The molecule has 2 rings (SSSR count). The average Bonchev–Trinajstić information content (AvgIpc) is 2.54. The Balaban J connectivity index is 2.27. The number of pyridine rings is 1. The molecule has 0 fully saturated rings. The molecule has 0 radical (unpaired) electrons. The van der Waals surface area contributed by atoms with Crippen LogP contribution in [0.5, 0.6) is 11.5 Å². The van der Waals surface area contributed by atoms with Crippen molar-refractivity contribution in [2.75, 3.05) is 19.5 Å². The Labute approximate surface area is 130 Å². The second kappa shape index (κ2) is 6.47. The number of ether oxygens (including phenoxy) is 2. The van der Waals surface area contributed by atoms with E-state index in [0.717, 1.165) is 5.56 Å². The van der Waals surface area contributed by atoms with Gasteiger partial charge < -0.3 is 14.8 Å². The highest BCUT2D eigenvalue weighted by molar-refractivity contribution is 5.98. The molecule has 22 heavy (non-hydrogen) atoms. The molecule has 1 heterocycles. The third-order valence-electron chi connectivity index (χ3n) is 3.59. The van der Waals surface area contributed by atoms with Gasteiger partial charge in [-0.3, -0.25) is 9.78 Å². The molecule has 5 heteroatoms. The minimum absolute atomic E-state index is 0.118. The van der Waals surface area contributed by atoms with Crippen LogP contribution in [0.15, 0.2) is 42.7 Å². The molecule has 0 bridgehead atoms. The average molecular weight is 300 g/mol. The molecular weight excluding hydrogens is 280 g/mol. The Kier molecular flexibility index (Phi) is 4.65. The number of rotatable bonds is 5. The number of hydrogen-bond donors (Lipinski definition) is 1. The number of carbonyl (C=O) groups is 1. The lowest BCUT2D eigenvalue weighted by Crippen LogP contribution is -2.34. The van der Waals surface area contributed by atoms with E-state index in [1.807, 2.05) is 26.0 Å². The molecule has 0 aliphatic carbocycles. The Hall–Kier alpha value is -2.56. The quantitative estimate of drug-likeness (QED) is 0.922. The topological polar surface area (TPSA) is 60.5 Å². The molecule has 0 unspecified atom stereocenters. The van der Waals surface area contributed by atoms with E-state index >= 15 is 0 Å². The van der Waals surface area contributed by atoms with Crippen LogP contribution < -0.4 is 14.8 Å². The number of anilines is 1. The summed E-state index contributed by atoms with van der Waals surface area (Å²) in [6, 6.07) is 9.06. The predicted molar refractivity (Wildman–Crippen MR) is 85.4 cm³/mol. The van der Waals surface area contributed by atoms with Crippen LogP contribution in [0.1, 0.15) is 19.4 Å². The lowest BCUT2D eigenvalue weighted by molar-refractivity contribution is -0.120. The van der Waals surface area contributed by atoms with E-state index in [1.54, 1.807) is 44.8 Å². The molecule has 5 nitrogen and oxygen atoms in total. The maximum atomic E-state index is 12.6. The first-order valence-electron chi connectivity index (χ1n) is 6.93. The van der Waals surface area contributed by atoms with Crippen LogP contribution in [0.2, 0.25) is 0 Å². The minimum Gasteiger partial charge on any atom is -0.493 e. The van der Waals surface area contributed by atoms with Crippen LogP contribution in [0.3, 0.4) is 0 Å². The van der Waals surface area contributed by atoms with Gasteiger partial charge in [0.15, 0.2) is 11.5 Å². The standard InChI is InChI=1S/C17H20N2O3/c1-17(2,16(20)19-13-6-5-9-18-11-13)12-7-8-14(21-3)15(10-12)22-4/h5-11H,1-4H3,(H,19,20). The molecule has 0 saturated heterocycles. The second-order valence-electron chi connectivity index (χ2n) is 5.39. The predicted octanol–water partition coefficient (Wildman–Crippen LogP) is 3.02. The van der Waals surface area contributed by atoms with Gasteiger partial charge in [0, 0.05) is 6.20 Å². The third-order valence-corrected chi connectivity index (χ3v) is 3.59. The number of amides is 1. The van der Waals surface area contributed by atoms with Crippen molar-refractivity contribution < 1.29 is 14.3 Å². The summed E-state index contributed by atoms with van der Waals surface area (Å²) in [6.45, 7) is 3.72. The molecule has 0 aliphatic rings. The lowest BCUT2D eigenvalue weighted by Gasteiger charge is -2.25. The van der Waals surface area contributed by atoms with Gasteiger partial charge in [-0.15, -0.1) is 0 Å². The van der Waals surface area contributed by atoms with E-state index in [0.29, 0.717) is 17.2 Å². The normalized spacial score (nSPS) is 10.9. The molecule has 0 atom stereocenters. The van der Waals surface area contributed by atoms with E-state index in [4.69, 9.17) is 9.47 Å². The largest absolute Gasteiger partial charge is 0.493 e. The molecule has 116 valence electrons. The van der Waals surface area contributed by atoms with Crippen LogP contribution >= 0.6 is 0 Å². The van der Waals surface area contributed by atoms with Crippen LogP contribution in [-0.2, 0) is 10.2 Å². The summed E-state index contributed by atoms with van der Waals surface area (Å²) >= 11 is 0. The number of methoxy groups -OCH3 is 2. The van der Waals surface area contributed by atoms with E-state index < -0.39 is 5.41 Å². The highest BCUT2D eigenvalue weighted by atomic mass is 16.5. The zero-order valence-corrected chi connectivity index (χ0v) is 13.2. The molecule has 1 aromatic carbocycles. The van der Waals surface area contributed by atoms with Crippen molar-refractivity contribution in [1.82, 2.24) is 4.98 Å². The van der Waals surface area contributed by atoms with Gasteiger partial charge in [0.05, 0.1) is 31.5 Å². The Morgan fingerprint density at radius 3 is 2.45 bits per heavy atom. The summed E-state index contributed by atoms with van der Waals surface area (Å²) in [5.74, 6) is 1.12. The number of hydrogen-bond acceptors (Lipinski definition) is 4. The van der Waals surface area contributed by atoms with Gasteiger partial charge in [-0.05, 0) is 43.7 Å². The fourth-order valence-corrected chi connectivity index (χ4v) is 2.08. The van der Waals surface area contributed by atoms with Gasteiger partial charge >= 0.3 is 0 Å². The van der Waals surface area contributed by atoms with Crippen molar-refractivity contribution in [2.24, 2.45) is 0 Å². The van der Waals surface area contributed by atoms with Crippen LogP contribution in [0.4, 0.5) is 5.69 Å². The Bertz CT molecular complexity index is 654. The molecule has 0 aliphatic heterocycles. The highest BCUT2D eigenvalue weighted by Gasteiger charge is 2.30. The molecule has 1 aromatic heterocycles. The van der Waals surface area contributed by atoms with Crippen molar-refractivity contribution in [1.29, 1.82) is 0 Å². The van der Waals surface area contributed by atoms with Gasteiger partial charge in [-0.25, -0.2) is 0 Å². The van der Waals surface area contributed by atoms with Crippen molar-refractivity contribution >= 4 is 11.6 Å². The zero-order valence-electron chi connectivity index (χ0n) is 13.2. The van der Waals surface area contributed by atoms with Crippen LogP contribution in [0, 0.1) is 0 Å². The molecular formula is C17H20N2O3. The van der Waals surface area contributed by atoms with E-state index in [1.165, 1.54) is 0 Å². The summed E-state index contributed by atoms with van der Waals surface area (Å²) in [4.78, 5) is 16.6. The molecule has 1 N–H and O–H groups in total. The smallest absolute Gasteiger partial charge is 0.234 e. The van der Waals surface area contributed by atoms with Gasteiger partial charge in [0.1, 0.15) is 0 Å². The monoisotopic (exact) mass is 300 g/mol. The van der Waals surface area contributed by atoms with Gasteiger partial charge in [0.2, 0.25) is 5.91 Å². The van der Waals surface area contributed by atoms with Crippen LogP contribution in [-0.4, -0.2) is 25.1 Å². The minimum atomic E-state index is -0.727. The number of nitrogens with zero attached hydrogens (tertiary/aromatic N) is 1. The van der Waals surface area contributed by atoms with E-state index in [9.17, 15) is 4.79 Å². The molecule has 0 saturated carbocycles. The van der Waals surface area contributed by atoms with Gasteiger partial charge in [-0.1, -0.05) is 6.07 Å². The molecule has 1 amide bonds. The fraction of sp³-hybridized carbons (Fsp3) is 0.294. The van der Waals surface area contributed by atoms with Gasteiger partial charge in [0.25, 0.3) is 0 Å². The fourth-order valence-electron chi connectivity index (χ4n) is 2.08. The lowest BCUT2D eigenvalue weighted by atomic mass is 9.83. The van der Waals surface area contributed by atoms with E-state index in [-0.39, 0.29) is 5.91 Å². The maximum Gasteiger partial charge on any atom is 0.234 e. The maximum absolute atomic E-state index is 12.6. The molecule has 0 spiro atoms. The van der Waals surface area contributed by atoms with Crippen molar-refractivity contribution in [3.63, 3.8) is 0 Å². The van der Waals surface area contributed by atoms with Crippen molar-refractivity contribution in [3.05, 3.63) is 48.3 Å². The van der Waals surface area contributed by atoms with Crippen molar-refractivity contribution in [2.45, 2.75) is 19.3 Å². The number of aromatic nitrogens is 1. The van der Waals surface area contributed by atoms with Crippen LogP contribution in [0.25, 0.3) is 0 Å². The third kappa shape index (κ3) is 3.19.